The summed E-state index contributed by atoms with van der Waals surface area (Å²) in [6.07, 6.45) is 1.68. The van der Waals surface area contributed by atoms with Crippen molar-refractivity contribution in [1.29, 1.82) is 0 Å². The molecule has 76 valence electrons. The van der Waals surface area contributed by atoms with Crippen LogP contribution in [0.4, 0.5) is 0 Å². The molecular weight excluding hydrogens is 192 g/mol. The number of nitrogens with one attached hydrogen (secondary N) is 1. The zero-order valence-electron chi connectivity index (χ0n) is 7.92. The molecule has 1 atom stereocenters. The Morgan fingerprint density at radius 2 is 2.07 bits per heavy atom. The molecular formula is C10H10N4O. The molecule has 0 fully saturated rings. The second-order valence-corrected chi connectivity index (χ2v) is 3.10. The van der Waals surface area contributed by atoms with Crippen molar-refractivity contribution in [2.45, 2.75) is 6.04 Å². The first kappa shape index (κ1) is 9.54. The standard InChI is InChI=1S/C10H10N4O/c11-12-10(15)9-6-8(13-14-9)7-4-2-1-3-5-7/h1-6,8H,11H2,(H,12,15). The van der Waals surface area contributed by atoms with Gasteiger partial charge in [0, 0.05) is 0 Å². The number of nitrogens with two attached hydrogens (primary N) is 1. The Morgan fingerprint density at radius 3 is 2.73 bits per heavy atom. The molecule has 1 unspecified atom stereocenters. The van der Waals surface area contributed by atoms with Gasteiger partial charge in [-0.15, -0.1) is 5.11 Å². The van der Waals surface area contributed by atoms with Gasteiger partial charge >= 0.3 is 0 Å². The van der Waals surface area contributed by atoms with Crippen LogP contribution in [0.25, 0.3) is 0 Å². The van der Waals surface area contributed by atoms with Crippen LogP contribution in [0.15, 0.2) is 52.3 Å². The molecule has 1 amide bonds. The Kier molecular flexibility index (Phi) is 2.55. The van der Waals surface area contributed by atoms with Gasteiger partial charge in [0.05, 0.1) is 0 Å². The van der Waals surface area contributed by atoms with Crippen LogP contribution >= 0.6 is 0 Å². The molecule has 5 heteroatoms. The van der Waals surface area contributed by atoms with Gasteiger partial charge in [-0.05, 0) is 11.6 Å². The van der Waals surface area contributed by atoms with Crippen LogP contribution in [0.1, 0.15) is 11.6 Å². The molecule has 2 rings (SSSR count). The lowest BCUT2D eigenvalue weighted by Gasteiger charge is -2.01. The van der Waals surface area contributed by atoms with Crippen LogP contribution in [-0.4, -0.2) is 5.91 Å². The van der Waals surface area contributed by atoms with Crippen molar-refractivity contribution in [3.05, 3.63) is 47.7 Å². The molecule has 1 aromatic rings. The van der Waals surface area contributed by atoms with Crippen molar-refractivity contribution in [2.75, 3.05) is 0 Å². The van der Waals surface area contributed by atoms with Crippen molar-refractivity contribution in [3.63, 3.8) is 0 Å². The Labute approximate surface area is 86.7 Å². The van der Waals surface area contributed by atoms with E-state index in [0.717, 1.165) is 5.56 Å². The van der Waals surface area contributed by atoms with Gasteiger partial charge in [0.1, 0.15) is 11.7 Å². The average Bonchev–Trinajstić information content (AvgIpc) is 2.78. The molecule has 3 N–H and O–H groups in total. The van der Waals surface area contributed by atoms with E-state index in [0.29, 0.717) is 0 Å². The third-order valence-corrected chi connectivity index (χ3v) is 2.11. The lowest BCUT2D eigenvalue weighted by Crippen LogP contribution is -2.30. The molecule has 0 aliphatic carbocycles. The summed E-state index contributed by atoms with van der Waals surface area (Å²) in [5.41, 5.74) is 3.27. The predicted molar refractivity (Wildman–Crippen MR) is 54.5 cm³/mol. The van der Waals surface area contributed by atoms with Crippen molar-refractivity contribution in [1.82, 2.24) is 5.43 Å². The zero-order valence-corrected chi connectivity index (χ0v) is 7.92. The lowest BCUT2D eigenvalue weighted by molar-refractivity contribution is -0.117. The maximum atomic E-state index is 11.1. The molecule has 0 saturated heterocycles. The molecule has 0 bridgehead atoms. The summed E-state index contributed by atoms with van der Waals surface area (Å²) in [6, 6.07) is 9.44. The van der Waals surface area contributed by atoms with E-state index < -0.39 is 5.91 Å². The minimum atomic E-state index is -0.419. The number of hydrazine groups is 1. The maximum absolute atomic E-state index is 11.1. The topological polar surface area (TPSA) is 79.8 Å². The van der Waals surface area contributed by atoms with Crippen LogP contribution in [0.3, 0.4) is 0 Å². The van der Waals surface area contributed by atoms with Crippen LogP contribution in [-0.2, 0) is 4.79 Å². The van der Waals surface area contributed by atoms with Gasteiger partial charge in [-0.25, -0.2) is 5.84 Å². The number of carbonyl (C=O) groups excluding carboxylic acids is 1. The monoisotopic (exact) mass is 202 g/mol. The van der Waals surface area contributed by atoms with E-state index in [-0.39, 0.29) is 11.7 Å². The molecule has 15 heavy (non-hydrogen) atoms. The van der Waals surface area contributed by atoms with Gasteiger partial charge < -0.3 is 0 Å². The van der Waals surface area contributed by atoms with E-state index in [9.17, 15) is 4.79 Å². The number of amides is 1. The number of nitrogens with zero attached hydrogens (tertiary/aromatic N) is 2. The molecule has 5 nitrogen and oxygen atoms in total. The molecule has 1 heterocycles. The quantitative estimate of drug-likeness (QED) is 0.427. The fourth-order valence-electron chi connectivity index (χ4n) is 1.35. The lowest BCUT2D eigenvalue weighted by atomic mass is 10.1. The highest BCUT2D eigenvalue weighted by Crippen LogP contribution is 2.26. The highest BCUT2D eigenvalue weighted by molar-refractivity contribution is 5.92. The predicted octanol–water partition coefficient (Wildman–Crippen LogP) is 1.07. The van der Waals surface area contributed by atoms with Crippen molar-refractivity contribution in [2.24, 2.45) is 16.1 Å². The van der Waals surface area contributed by atoms with Crippen molar-refractivity contribution >= 4 is 5.91 Å². The molecule has 0 saturated carbocycles. The van der Waals surface area contributed by atoms with Crippen LogP contribution in [0.2, 0.25) is 0 Å². The zero-order chi connectivity index (χ0) is 10.7. The molecule has 0 radical (unpaired) electrons. The van der Waals surface area contributed by atoms with E-state index in [2.05, 4.69) is 10.2 Å². The Hall–Kier alpha value is -2.01. The third-order valence-electron chi connectivity index (χ3n) is 2.11. The van der Waals surface area contributed by atoms with E-state index in [1.54, 1.807) is 6.08 Å². The average molecular weight is 202 g/mol. The molecule has 1 aromatic carbocycles. The largest absolute Gasteiger partial charge is 0.289 e. The summed E-state index contributed by atoms with van der Waals surface area (Å²) in [4.78, 5) is 11.1. The second-order valence-electron chi connectivity index (χ2n) is 3.10. The third kappa shape index (κ3) is 1.92. The number of carbonyl (C=O) groups is 1. The van der Waals surface area contributed by atoms with Gasteiger partial charge in [0.25, 0.3) is 5.91 Å². The fraction of sp³-hybridized carbons (Fsp3) is 0.100. The molecule has 0 aromatic heterocycles. The van der Waals surface area contributed by atoms with E-state index in [1.165, 1.54) is 0 Å². The van der Waals surface area contributed by atoms with Gasteiger partial charge in [-0.2, -0.15) is 5.11 Å². The van der Waals surface area contributed by atoms with Gasteiger partial charge in [0.15, 0.2) is 0 Å². The normalized spacial score (nSPS) is 18.7. The first-order chi connectivity index (χ1) is 7.31. The van der Waals surface area contributed by atoms with Crippen LogP contribution < -0.4 is 11.3 Å². The molecule has 0 spiro atoms. The smallest absolute Gasteiger partial charge is 0.285 e. The fourth-order valence-corrected chi connectivity index (χ4v) is 1.35. The summed E-state index contributed by atoms with van der Waals surface area (Å²) in [5.74, 6) is 4.57. The van der Waals surface area contributed by atoms with Gasteiger partial charge in [-0.1, -0.05) is 30.3 Å². The van der Waals surface area contributed by atoms with Crippen LogP contribution in [0, 0.1) is 0 Å². The maximum Gasteiger partial charge on any atom is 0.285 e. The number of benzene rings is 1. The summed E-state index contributed by atoms with van der Waals surface area (Å²) in [7, 11) is 0. The SMILES string of the molecule is NNC(=O)C1=CC(c2ccccc2)N=N1. The summed E-state index contributed by atoms with van der Waals surface area (Å²) in [5, 5.41) is 7.73. The van der Waals surface area contributed by atoms with E-state index in [1.807, 2.05) is 35.8 Å². The van der Waals surface area contributed by atoms with Crippen molar-refractivity contribution < 1.29 is 4.79 Å². The Bertz CT molecular complexity index is 424. The Morgan fingerprint density at radius 1 is 1.33 bits per heavy atom. The van der Waals surface area contributed by atoms with Gasteiger partial charge in [-0.3, -0.25) is 10.2 Å². The van der Waals surface area contributed by atoms with Gasteiger partial charge in [0.2, 0.25) is 0 Å². The first-order valence-corrected chi connectivity index (χ1v) is 4.50. The first-order valence-electron chi connectivity index (χ1n) is 4.50. The second kappa shape index (κ2) is 4.02. The minimum Gasteiger partial charge on any atom is -0.289 e. The van der Waals surface area contributed by atoms with E-state index >= 15 is 0 Å². The minimum absolute atomic E-state index is 0.182. The molecule has 1 aliphatic rings. The number of rotatable bonds is 2. The number of azo groups is 1. The summed E-state index contributed by atoms with van der Waals surface area (Å²) >= 11 is 0. The van der Waals surface area contributed by atoms with E-state index in [4.69, 9.17) is 5.84 Å². The highest BCUT2D eigenvalue weighted by Gasteiger charge is 2.18. The molecule has 1 aliphatic heterocycles. The van der Waals surface area contributed by atoms with Crippen molar-refractivity contribution in [3.8, 4) is 0 Å². The number of hydrogen-bond acceptors (Lipinski definition) is 4. The van der Waals surface area contributed by atoms with Crippen LogP contribution in [0.5, 0.6) is 0 Å². The Balaban J connectivity index is 2.20. The summed E-state index contributed by atoms with van der Waals surface area (Å²) < 4.78 is 0. The summed E-state index contributed by atoms with van der Waals surface area (Å²) in [6.45, 7) is 0. The highest BCUT2D eigenvalue weighted by atomic mass is 16.2. The number of hydrogen-bond donors (Lipinski definition) is 2.